The van der Waals surface area contributed by atoms with Crippen LogP contribution in [0.25, 0.3) is 0 Å². The Morgan fingerprint density at radius 3 is 2.50 bits per heavy atom. The first kappa shape index (κ1) is 14.2. The molecule has 1 unspecified atom stereocenters. The minimum absolute atomic E-state index is 0.0750. The zero-order valence-electron chi connectivity index (χ0n) is 11.3. The number of hydrogen-bond donors (Lipinski definition) is 2. The van der Waals surface area contributed by atoms with Crippen LogP contribution in [-0.2, 0) is 4.79 Å². The van der Waals surface area contributed by atoms with Crippen LogP contribution >= 0.6 is 0 Å². The first-order valence-electron chi connectivity index (χ1n) is 6.58. The summed E-state index contributed by atoms with van der Waals surface area (Å²) in [7, 11) is 0. The summed E-state index contributed by atoms with van der Waals surface area (Å²) in [5.41, 5.74) is 0.467. The number of aromatic hydroxyl groups is 1. The molecule has 0 aromatic heterocycles. The summed E-state index contributed by atoms with van der Waals surface area (Å²) < 4.78 is 0. The maximum Gasteiger partial charge on any atom is 0.325 e. The molecule has 1 aliphatic rings. The molecule has 1 atom stereocenters. The van der Waals surface area contributed by atoms with E-state index in [1.54, 1.807) is 4.90 Å². The fourth-order valence-corrected chi connectivity index (χ4v) is 2.41. The van der Waals surface area contributed by atoms with Gasteiger partial charge in [0.1, 0.15) is 12.3 Å². The molecule has 0 radical (unpaired) electrons. The third-order valence-corrected chi connectivity index (χ3v) is 3.48. The lowest BCUT2D eigenvalue weighted by atomic mass is 10.2. The van der Waals surface area contributed by atoms with Crippen molar-refractivity contribution in [2.75, 3.05) is 18.0 Å². The van der Waals surface area contributed by atoms with Gasteiger partial charge >= 0.3 is 12.0 Å². The van der Waals surface area contributed by atoms with Crippen LogP contribution < -0.4 is 4.90 Å². The van der Waals surface area contributed by atoms with E-state index < -0.39 is 12.5 Å². The van der Waals surface area contributed by atoms with Gasteiger partial charge in [0, 0.05) is 18.3 Å². The van der Waals surface area contributed by atoms with Crippen molar-refractivity contribution in [2.45, 2.75) is 25.8 Å². The number of hydrogen-bond acceptors (Lipinski definition) is 3. The summed E-state index contributed by atoms with van der Waals surface area (Å²) in [5, 5.41) is 18.3. The molecule has 0 aliphatic carbocycles. The van der Waals surface area contributed by atoms with Gasteiger partial charge in [-0.2, -0.15) is 0 Å². The highest BCUT2D eigenvalue weighted by molar-refractivity contribution is 5.96. The van der Waals surface area contributed by atoms with Crippen LogP contribution in [0.15, 0.2) is 24.3 Å². The fraction of sp³-hybridized carbons (Fsp3) is 0.429. The second-order valence-electron chi connectivity index (χ2n) is 4.96. The molecule has 0 bridgehead atoms. The van der Waals surface area contributed by atoms with Crippen molar-refractivity contribution in [3.63, 3.8) is 0 Å². The summed E-state index contributed by atoms with van der Waals surface area (Å²) in [6, 6.07) is 5.77. The number of carbonyl (C=O) groups is 2. The highest BCUT2D eigenvalue weighted by Gasteiger charge is 2.30. The number of amides is 2. The summed E-state index contributed by atoms with van der Waals surface area (Å²) in [6.07, 6.45) is 1.87. The lowest BCUT2D eigenvalue weighted by Crippen LogP contribution is -2.46. The molecule has 0 spiro atoms. The Morgan fingerprint density at radius 1 is 1.35 bits per heavy atom. The lowest BCUT2D eigenvalue weighted by Gasteiger charge is -2.29. The highest BCUT2D eigenvalue weighted by Crippen LogP contribution is 2.23. The van der Waals surface area contributed by atoms with Gasteiger partial charge in [-0.25, -0.2) is 4.79 Å². The number of carboxylic acid groups (broad SMARTS) is 1. The Labute approximate surface area is 117 Å². The number of aliphatic carboxylic acids is 1. The maximum atomic E-state index is 12.5. The molecule has 1 aromatic rings. The lowest BCUT2D eigenvalue weighted by molar-refractivity contribution is -0.135. The topological polar surface area (TPSA) is 81.1 Å². The molecule has 0 saturated carbocycles. The summed E-state index contributed by atoms with van der Waals surface area (Å²) in [6.45, 7) is 2.21. The Kier molecular flexibility index (Phi) is 4.12. The van der Waals surface area contributed by atoms with Crippen LogP contribution in [0, 0.1) is 0 Å². The smallest absolute Gasteiger partial charge is 0.325 e. The van der Waals surface area contributed by atoms with E-state index in [1.165, 1.54) is 29.2 Å². The molecule has 108 valence electrons. The van der Waals surface area contributed by atoms with Gasteiger partial charge in [-0.15, -0.1) is 0 Å². The van der Waals surface area contributed by atoms with Crippen LogP contribution in [0.1, 0.15) is 19.8 Å². The maximum absolute atomic E-state index is 12.5. The molecule has 2 N–H and O–H groups in total. The van der Waals surface area contributed by atoms with Gasteiger partial charge in [-0.3, -0.25) is 9.69 Å². The molecular weight excluding hydrogens is 260 g/mol. The fourth-order valence-electron chi connectivity index (χ4n) is 2.41. The Balaban J connectivity index is 2.24. The van der Waals surface area contributed by atoms with E-state index in [0.29, 0.717) is 12.2 Å². The Bertz CT molecular complexity index is 500. The normalized spacial score (nSPS) is 18.1. The van der Waals surface area contributed by atoms with E-state index in [9.17, 15) is 14.7 Å². The van der Waals surface area contributed by atoms with E-state index in [1.807, 2.05) is 6.92 Å². The van der Waals surface area contributed by atoms with Crippen LogP contribution in [0.5, 0.6) is 5.75 Å². The summed E-state index contributed by atoms with van der Waals surface area (Å²) in [4.78, 5) is 26.4. The first-order valence-corrected chi connectivity index (χ1v) is 6.58. The van der Waals surface area contributed by atoms with Crippen LogP contribution in [0.2, 0.25) is 0 Å². The van der Waals surface area contributed by atoms with Gasteiger partial charge in [-0.1, -0.05) is 0 Å². The molecule has 1 fully saturated rings. The molecule has 1 aromatic carbocycles. The van der Waals surface area contributed by atoms with E-state index in [4.69, 9.17) is 5.11 Å². The predicted octanol–water partition coefficient (Wildman–Crippen LogP) is 1.89. The third kappa shape index (κ3) is 3.01. The molecule has 1 saturated heterocycles. The summed E-state index contributed by atoms with van der Waals surface area (Å²) >= 11 is 0. The molecule has 2 amide bonds. The van der Waals surface area contributed by atoms with Gasteiger partial charge in [0.25, 0.3) is 0 Å². The average Bonchev–Trinajstić information content (AvgIpc) is 2.82. The number of carbonyl (C=O) groups excluding carboxylic acids is 1. The predicted molar refractivity (Wildman–Crippen MR) is 73.9 cm³/mol. The number of likely N-dealkylation sites (tertiary alicyclic amines) is 1. The highest BCUT2D eigenvalue weighted by atomic mass is 16.4. The Morgan fingerprint density at radius 2 is 2.00 bits per heavy atom. The SMILES string of the molecule is CC1CCCN1C(=O)N(CC(=O)O)c1ccc(O)cc1. The second-order valence-corrected chi connectivity index (χ2v) is 4.96. The minimum atomic E-state index is -1.07. The van der Waals surface area contributed by atoms with Gasteiger partial charge in [0.2, 0.25) is 0 Å². The van der Waals surface area contributed by atoms with Crippen LogP contribution in [0.4, 0.5) is 10.5 Å². The third-order valence-electron chi connectivity index (χ3n) is 3.48. The number of carboxylic acids is 1. The van der Waals surface area contributed by atoms with Crippen molar-refractivity contribution in [1.82, 2.24) is 4.90 Å². The molecule has 2 rings (SSSR count). The summed E-state index contributed by atoms with van der Waals surface area (Å²) in [5.74, 6) is -0.996. The Hall–Kier alpha value is -2.24. The van der Waals surface area contributed by atoms with Crippen LogP contribution in [0.3, 0.4) is 0 Å². The van der Waals surface area contributed by atoms with Gasteiger partial charge in [0.15, 0.2) is 0 Å². The van der Waals surface area contributed by atoms with Crippen molar-refractivity contribution >= 4 is 17.7 Å². The van der Waals surface area contributed by atoms with Gasteiger partial charge < -0.3 is 15.1 Å². The number of rotatable bonds is 3. The second kappa shape index (κ2) is 5.81. The van der Waals surface area contributed by atoms with Crippen molar-refractivity contribution in [1.29, 1.82) is 0 Å². The quantitative estimate of drug-likeness (QED) is 0.884. The number of urea groups is 1. The number of phenolic OH excluding ortho intramolecular Hbond substituents is 1. The van der Waals surface area contributed by atoms with Gasteiger partial charge in [0.05, 0.1) is 0 Å². The van der Waals surface area contributed by atoms with Crippen molar-refractivity contribution < 1.29 is 19.8 Å². The van der Waals surface area contributed by atoms with E-state index >= 15 is 0 Å². The molecule has 1 aliphatic heterocycles. The molecule has 6 nitrogen and oxygen atoms in total. The monoisotopic (exact) mass is 278 g/mol. The molecule has 6 heteroatoms. The number of phenols is 1. The van der Waals surface area contributed by atoms with Crippen LogP contribution in [-0.4, -0.2) is 46.2 Å². The minimum Gasteiger partial charge on any atom is -0.508 e. The number of benzene rings is 1. The van der Waals surface area contributed by atoms with E-state index in [0.717, 1.165) is 12.8 Å². The molecule has 1 heterocycles. The average molecular weight is 278 g/mol. The zero-order valence-corrected chi connectivity index (χ0v) is 11.3. The molecular formula is C14H18N2O4. The van der Waals surface area contributed by atoms with Gasteiger partial charge in [-0.05, 0) is 44.0 Å². The van der Waals surface area contributed by atoms with Crippen molar-refractivity contribution in [2.24, 2.45) is 0 Å². The largest absolute Gasteiger partial charge is 0.508 e. The first-order chi connectivity index (χ1) is 9.49. The zero-order chi connectivity index (χ0) is 14.7. The standard InChI is InChI=1S/C14H18N2O4/c1-10-3-2-8-15(10)14(20)16(9-13(18)19)11-4-6-12(17)7-5-11/h4-7,10,17H,2-3,8-9H2,1H3,(H,18,19). The molecule has 20 heavy (non-hydrogen) atoms. The number of nitrogens with zero attached hydrogens (tertiary/aromatic N) is 2. The van der Waals surface area contributed by atoms with E-state index in [2.05, 4.69) is 0 Å². The number of anilines is 1. The van der Waals surface area contributed by atoms with Crippen molar-refractivity contribution in [3.05, 3.63) is 24.3 Å². The van der Waals surface area contributed by atoms with Crippen molar-refractivity contribution in [3.8, 4) is 5.75 Å². The van der Waals surface area contributed by atoms with E-state index in [-0.39, 0.29) is 17.8 Å².